The van der Waals surface area contributed by atoms with Crippen molar-refractivity contribution in [1.82, 2.24) is 5.16 Å². The summed E-state index contributed by atoms with van der Waals surface area (Å²) in [6.45, 7) is 3.95. The SMILES string of the molecule is COC(=O)c1cccc(NC(=O)Cc2noc3cc(C)c(C)cc23)c1O. The molecule has 0 aliphatic heterocycles. The maximum atomic E-state index is 12.4. The van der Waals surface area contributed by atoms with Crippen LogP contribution in [0.4, 0.5) is 5.69 Å². The third kappa shape index (κ3) is 3.23. The van der Waals surface area contributed by atoms with Crippen molar-refractivity contribution in [3.05, 3.63) is 52.7 Å². The number of carbonyl (C=O) groups is 2. The van der Waals surface area contributed by atoms with E-state index in [1.807, 2.05) is 26.0 Å². The zero-order chi connectivity index (χ0) is 18.8. The molecule has 1 amide bonds. The summed E-state index contributed by atoms with van der Waals surface area (Å²) < 4.78 is 9.88. The second kappa shape index (κ2) is 6.87. The van der Waals surface area contributed by atoms with Crippen LogP contribution in [0.5, 0.6) is 5.75 Å². The van der Waals surface area contributed by atoms with Gasteiger partial charge in [-0.15, -0.1) is 0 Å². The molecule has 7 heteroatoms. The van der Waals surface area contributed by atoms with Gasteiger partial charge in [-0.3, -0.25) is 4.79 Å². The van der Waals surface area contributed by atoms with Crippen molar-refractivity contribution in [1.29, 1.82) is 0 Å². The van der Waals surface area contributed by atoms with Crippen LogP contribution in [0, 0.1) is 13.8 Å². The Morgan fingerprint density at radius 3 is 2.69 bits per heavy atom. The molecule has 0 spiro atoms. The molecular formula is C19H18N2O5. The van der Waals surface area contributed by atoms with Gasteiger partial charge in [0.1, 0.15) is 11.3 Å². The monoisotopic (exact) mass is 354 g/mol. The predicted octanol–water partition coefficient (Wildman–Crippen LogP) is 3.12. The van der Waals surface area contributed by atoms with Crippen molar-refractivity contribution in [2.75, 3.05) is 12.4 Å². The minimum Gasteiger partial charge on any atom is -0.505 e. The minimum absolute atomic E-state index is 0.0247. The summed E-state index contributed by atoms with van der Waals surface area (Å²) in [6.07, 6.45) is -0.0304. The van der Waals surface area contributed by atoms with Gasteiger partial charge in [-0.2, -0.15) is 0 Å². The molecule has 2 aromatic carbocycles. The number of benzene rings is 2. The molecule has 0 saturated carbocycles. The second-order valence-corrected chi connectivity index (χ2v) is 5.98. The lowest BCUT2D eigenvalue weighted by molar-refractivity contribution is -0.115. The highest BCUT2D eigenvalue weighted by Gasteiger charge is 2.18. The van der Waals surface area contributed by atoms with Crippen molar-refractivity contribution in [2.24, 2.45) is 0 Å². The van der Waals surface area contributed by atoms with Crippen LogP contribution in [0.15, 0.2) is 34.9 Å². The largest absolute Gasteiger partial charge is 0.505 e. The Morgan fingerprint density at radius 1 is 1.23 bits per heavy atom. The lowest BCUT2D eigenvalue weighted by Gasteiger charge is -2.09. The van der Waals surface area contributed by atoms with Crippen LogP contribution in [0.1, 0.15) is 27.2 Å². The molecule has 0 fully saturated rings. The molecule has 0 aliphatic rings. The van der Waals surface area contributed by atoms with E-state index in [9.17, 15) is 14.7 Å². The summed E-state index contributed by atoms with van der Waals surface area (Å²) in [5.74, 6) is -1.42. The molecule has 0 unspecified atom stereocenters. The average Bonchev–Trinajstić information content (AvgIpc) is 2.98. The highest BCUT2D eigenvalue weighted by Crippen LogP contribution is 2.28. The zero-order valence-corrected chi connectivity index (χ0v) is 14.6. The Morgan fingerprint density at radius 2 is 1.96 bits per heavy atom. The maximum absolute atomic E-state index is 12.4. The van der Waals surface area contributed by atoms with Crippen LogP contribution >= 0.6 is 0 Å². The summed E-state index contributed by atoms with van der Waals surface area (Å²) in [5.41, 5.74) is 3.37. The number of anilines is 1. The second-order valence-electron chi connectivity index (χ2n) is 5.98. The number of ether oxygens (including phenoxy) is 1. The standard InChI is InChI=1S/C19H18N2O5/c1-10-7-13-15(21-26-16(13)8-11(10)2)9-17(22)20-14-6-4-5-12(18(14)23)19(24)25-3/h4-8,23H,9H2,1-3H3,(H,20,22). The number of para-hydroxylation sites is 1. The van der Waals surface area contributed by atoms with E-state index in [0.717, 1.165) is 16.5 Å². The number of fused-ring (bicyclic) bond motifs is 1. The first-order chi connectivity index (χ1) is 12.4. The molecule has 26 heavy (non-hydrogen) atoms. The number of hydrogen-bond acceptors (Lipinski definition) is 6. The van der Waals surface area contributed by atoms with Crippen molar-refractivity contribution < 1.29 is 24.0 Å². The number of aromatic hydroxyl groups is 1. The number of nitrogens with one attached hydrogen (secondary N) is 1. The molecule has 7 nitrogen and oxygen atoms in total. The first kappa shape index (κ1) is 17.5. The van der Waals surface area contributed by atoms with Gasteiger partial charge in [0.25, 0.3) is 0 Å². The molecular weight excluding hydrogens is 336 g/mol. The normalized spacial score (nSPS) is 10.7. The fraction of sp³-hybridized carbons (Fsp3) is 0.211. The van der Waals surface area contributed by atoms with Crippen LogP contribution in [0.3, 0.4) is 0 Å². The topological polar surface area (TPSA) is 102 Å². The van der Waals surface area contributed by atoms with Crippen molar-refractivity contribution in [3.8, 4) is 5.75 Å². The molecule has 1 aromatic heterocycles. The quantitative estimate of drug-likeness (QED) is 0.551. The van der Waals surface area contributed by atoms with Gasteiger partial charge < -0.3 is 19.7 Å². The van der Waals surface area contributed by atoms with Crippen molar-refractivity contribution in [3.63, 3.8) is 0 Å². The van der Waals surface area contributed by atoms with Crippen LogP contribution in [-0.4, -0.2) is 29.2 Å². The van der Waals surface area contributed by atoms with E-state index < -0.39 is 11.9 Å². The van der Waals surface area contributed by atoms with E-state index in [2.05, 4.69) is 15.2 Å². The number of amides is 1. The minimum atomic E-state index is -0.688. The van der Waals surface area contributed by atoms with Crippen LogP contribution < -0.4 is 5.32 Å². The smallest absolute Gasteiger partial charge is 0.341 e. The van der Waals surface area contributed by atoms with Gasteiger partial charge >= 0.3 is 5.97 Å². The first-order valence-corrected chi connectivity index (χ1v) is 7.96. The number of carbonyl (C=O) groups excluding carboxylic acids is 2. The summed E-state index contributed by atoms with van der Waals surface area (Å²) >= 11 is 0. The Balaban J connectivity index is 1.82. The number of phenols is 1. The predicted molar refractivity (Wildman–Crippen MR) is 95.3 cm³/mol. The average molecular weight is 354 g/mol. The Labute approximate surface area is 149 Å². The van der Waals surface area contributed by atoms with Gasteiger partial charge in [-0.05, 0) is 49.2 Å². The Kier molecular flexibility index (Phi) is 4.62. The number of phenolic OH excluding ortho intramolecular Hbond substituents is 1. The molecule has 2 N–H and O–H groups in total. The summed E-state index contributed by atoms with van der Waals surface area (Å²) in [4.78, 5) is 24.0. The van der Waals surface area contributed by atoms with E-state index in [1.165, 1.54) is 19.2 Å². The van der Waals surface area contributed by atoms with Gasteiger partial charge in [0.05, 0.1) is 19.2 Å². The number of esters is 1. The fourth-order valence-corrected chi connectivity index (χ4v) is 2.64. The number of rotatable bonds is 4. The molecule has 0 bridgehead atoms. The van der Waals surface area contributed by atoms with Gasteiger partial charge in [-0.25, -0.2) is 4.79 Å². The molecule has 0 radical (unpaired) electrons. The van der Waals surface area contributed by atoms with Crippen molar-refractivity contribution in [2.45, 2.75) is 20.3 Å². The summed E-state index contributed by atoms with van der Waals surface area (Å²) in [6, 6.07) is 8.25. The molecule has 0 saturated heterocycles. The molecule has 134 valence electrons. The van der Waals surface area contributed by atoms with E-state index in [4.69, 9.17) is 4.52 Å². The van der Waals surface area contributed by atoms with Gasteiger partial charge in [0, 0.05) is 5.39 Å². The molecule has 0 atom stereocenters. The Hall–Kier alpha value is -3.35. The third-order valence-electron chi connectivity index (χ3n) is 4.20. The first-order valence-electron chi connectivity index (χ1n) is 7.96. The summed E-state index contributed by atoms with van der Waals surface area (Å²) in [5, 5.41) is 17.5. The number of aryl methyl sites for hydroxylation is 2. The third-order valence-corrected chi connectivity index (χ3v) is 4.20. The van der Waals surface area contributed by atoms with Gasteiger partial charge in [-0.1, -0.05) is 11.2 Å². The van der Waals surface area contributed by atoms with Gasteiger partial charge in [0.15, 0.2) is 11.3 Å². The van der Waals surface area contributed by atoms with E-state index in [0.29, 0.717) is 11.3 Å². The molecule has 3 aromatic rings. The fourth-order valence-electron chi connectivity index (χ4n) is 2.64. The number of nitrogens with zero attached hydrogens (tertiary/aromatic N) is 1. The highest BCUT2D eigenvalue weighted by molar-refractivity contribution is 5.99. The zero-order valence-electron chi connectivity index (χ0n) is 14.6. The van der Waals surface area contributed by atoms with Crippen LogP contribution in [-0.2, 0) is 16.0 Å². The number of methoxy groups -OCH3 is 1. The van der Waals surface area contributed by atoms with Crippen LogP contribution in [0.25, 0.3) is 11.0 Å². The highest BCUT2D eigenvalue weighted by atomic mass is 16.5. The van der Waals surface area contributed by atoms with E-state index >= 15 is 0 Å². The lowest BCUT2D eigenvalue weighted by atomic mass is 10.1. The summed E-state index contributed by atoms with van der Waals surface area (Å²) in [7, 11) is 1.21. The number of aromatic nitrogens is 1. The van der Waals surface area contributed by atoms with Crippen LogP contribution in [0.2, 0.25) is 0 Å². The number of hydrogen-bond donors (Lipinski definition) is 2. The lowest BCUT2D eigenvalue weighted by Crippen LogP contribution is -2.15. The maximum Gasteiger partial charge on any atom is 0.341 e. The molecule has 3 rings (SSSR count). The Bertz CT molecular complexity index is 1010. The van der Waals surface area contributed by atoms with Crippen molar-refractivity contribution >= 4 is 28.5 Å². The van der Waals surface area contributed by atoms with Gasteiger partial charge in [0.2, 0.25) is 5.91 Å². The molecule has 1 heterocycles. The van der Waals surface area contributed by atoms with E-state index in [-0.39, 0.29) is 23.4 Å². The van der Waals surface area contributed by atoms with E-state index in [1.54, 1.807) is 6.07 Å². The molecule has 0 aliphatic carbocycles.